The van der Waals surface area contributed by atoms with Gasteiger partial charge in [0.25, 0.3) is 5.91 Å². The zero-order chi connectivity index (χ0) is 14.5. The van der Waals surface area contributed by atoms with E-state index < -0.39 is 0 Å². The molecule has 9 nitrogen and oxygen atoms in total. The van der Waals surface area contributed by atoms with Crippen LogP contribution < -0.4 is 10.7 Å². The van der Waals surface area contributed by atoms with E-state index in [0.29, 0.717) is 11.4 Å². The molecule has 3 N–H and O–H groups in total. The van der Waals surface area contributed by atoms with Crippen LogP contribution in [0.5, 0.6) is 0 Å². The first-order valence-electron chi connectivity index (χ1n) is 6.17. The van der Waals surface area contributed by atoms with Gasteiger partial charge in [-0.2, -0.15) is 5.21 Å². The SMILES string of the molecule is O=C(NCc1nn[nH]n1)c1ccc(Nn2ccnc2)cc1. The van der Waals surface area contributed by atoms with Crippen molar-refractivity contribution >= 4 is 11.6 Å². The Morgan fingerprint density at radius 2 is 2.14 bits per heavy atom. The number of hydrogen-bond acceptors (Lipinski definition) is 6. The molecule has 0 saturated heterocycles. The Bertz CT molecular complexity index is 689. The summed E-state index contributed by atoms with van der Waals surface area (Å²) >= 11 is 0. The van der Waals surface area contributed by atoms with Gasteiger partial charge in [-0.3, -0.25) is 14.9 Å². The van der Waals surface area contributed by atoms with Gasteiger partial charge in [-0.05, 0) is 24.3 Å². The number of anilines is 1. The minimum absolute atomic E-state index is 0.200. The molecule has 0 bridgehead atoms. The molecule has 0 aliphatic heterocycles. The van der Waals surface area contributed by atoms with Gasteiger partial charge < -0.3 is 5.32 Å². The second-order valence-electron chi connectivity index (χ2n) is 4.17. The summed E-state index contributed by atoms with van der Waals surface area (Å²) in [6.45, 7) is 0.227. The molecule has 3 aromatic rings. The van der Waals surface area contributed by atoms with E-state index in [1.807, 2.05) is 12.1 Å². The molecular formula is C12H12N8O. The van der Waals surface area contributed by atoms with Crippen molar-refractivity contribution in [2.75, 3.05) is 5.43 Å². The average Bonchev–Trinajstić information content (AvgIpc) is 3.19. The van der Waals surface area contributed by atoms with E-state index in [9.17, 15) is 4.79 Å². The lowest BCUT2D eigenvalue weighted by Crippen LogP contribution is -2.23. The van der Waals surface area contributed by atoms with E-state index in [-0.39, 0.29) is 12.5 Å². The summed E-state index contributed by atoms with van der Waals surface area (Å²) in [6, 6.07) is 7.07. The predicted molar refractivity (Wildman–Crippen MR) is 73.0 cm³/mol. The van der Waals surface area contributed by atoms with Crippen LogP contribution >= 0.6 is 0 Å². The summed E-state index contributed by atoms with van der Waals surface area (Å²) in [5.74, 6) is 0.232. The fourth-order valence-electron chi connectivity index (χ4n) is 1.69. The van der Waals surface area contributed by atoms with Gasteiger partial charge in [0.2, 0.25) is 0 Å². The van der Waals surface area contributed by atoms with Crippen LogP contribution in [0.1, 0.15) is 16.2 Å². The number of H-pyrrole nitrogens is 1. The fraction of sp³-hybridized carbons (Fsp3) is 0.0833. The fourth-order valence-corrected chi connectivity index (χ4v) is 1.69. The number of tetrazole rings is 1. The molecule has 0 aliphatic rings. The predicted octanol–water partition coefficient (Wildman–Crippen LogP) is 0.201. The molecule has 0 aliphatic carbocycles. The molecule has 21 heavy (non-hydrogen) atoms. The van der Waals surface area contributed by atoms with E-state index in [1.54, 1.807) is 35.5 Å². The highest BCUT2D eigenvalue weighted by molar-refractivity contribution is 5.94. The quantitative estimate of drug-likeness (QED) is 0.617. The Morgan fingerprint density at radius 3 is 2.81 bits per heavy atom. The van der Waals surface area contributed by atoms with Gasteiger partial charge in [-0.25, -0.2) is 4.98 Å². The van der Waals surface area contributed by atoms with Gasteiger partial charge in [0.15, 0.2) is 5.82 Å². The largest absolute Gasteiger partial charge is 0.345 e. The maximum absolute atomic E-state index is 11.9. The molecule has 0 fully saturated rings. The number of benzene rings is 1. The van der Waals surface area contributed by atoms with Gasteiger partial charge >= 0.3 is 0 Å². The first kappa shape index (κ1) is 12.8. The number of aromatic nitrogens is 6. The van der Waals surface area contributed by atoms with Gasteiger partial charge in [0.1, 0.15) is 6.33 Å². The van der Waals surface area contributed by atoms with Gasteiger partial charge in [-0.15, -0.1) is 10.2 Å². The van der Waals surface area contributed by atoms with Crippen molar-refractivity contribution in [2.24, 2.45) is 0 Å². The minimum Gasteiger partial charge on any atom is -0.345 e. The normalized spacial score (nSPS) is 10.3. The third-order valence-electron chi connectivity index (χ3n) is 2.71. The van der Waals surface area contributed by atoms with Crippen LogP contribution in [0.25, 0.3) is 0 Å². The Balaban J connectivity index is 1.59. The monoisotopic (exact) mass is 284 g/mol. The van der Waals surface area contributed by atoms with Crippen LogP contribution in [-0.2, 0) is 6.54 Å². The smallest absolute Gasteiger partial charge is 0.251 e. The summed E-state index contributed by atoms with van der Waals surface area (Å²) in [4.78, 5) is 15.9. The summed E-state index contributed by atoms with van der Waals surface area (Å²) in [5, 5.41) is 16.0. The third kappa shape index (κ3) is 3.21. The molecule has 2 aromatic heterocycles. The second-order valence-corrected chi connectivity index (χ2v) is 4.17. The Hall–Kier alpha value is -3.23. The first-order valence-corrected chi connectivity index (χ1v) is 6.17. The standard InChI is InChI=1S/C12H12N8O/c21-12(14-7-11-15-18-19-16-11)9-1-3-10(4-2-9)17-20-6-5-13-8-20/h1-6,8,17H,7H2,(H,14,21)(H,15,16,18,19). The van der Waals surface area contributed by atoms with Crippen LogP contribution in [-0.4, -0.2) is 36.2 Å². The average molecular weight is 284 g/mol. The molecule has 0 radical (unpaired) electrons. The van der Waals surface area contributed by atoms with Crippen LogP contribution in [0.2, 0.25) is 0 Å². The molecule has 2 heterocycles. The Kier molecular flexibility index (Phi) is 3.54. The number of nitrogens with one attached hydrogen (secondary N) is 3. The van der Waals surface area contributed by atoms with Crippen molar-refractivity contribution in [3.05, 3.63) is 54.4 Å². The van der Waals surface area contributed by atoms with Gasteiger partial charge in [-0.1, -0.05) is 5.21 Å². The molecule has 0 saturated carbocycles. The van der Waals surface area contributed by atoms with Crippen molar-refractivity contribution in [1.29, 1.82) is 0 Å². The van der Waals surface area contributed by atoms with Crippen molar-refractivity contribution < 1.29 is 4.79 Å². The van der Waals surface area contributed by atoms with Gasteiger partial charge in [0, 0.05) is 18.0 Å². The zero-order valence-electron chi connectivity index (χ0n) is 10.9. The topological polar surface area (TPSA) is 113 Å². The summed E-state index contributed by atoms with van der Waals surface area (Å²) in [5.41, 5.74) is 4.49. The van der Waals surface area contributed by atoms with Crippen LogP contribution in [0.4, 0.5) is 5.69 Å². The molecule has 1 amide bonds. The lowest BCUT2D eigenvalue weighted by molar-refractivity contribution is 0.0950. The number of carbonyl (C=O) groups is 1. The maximum Gasteiger partial charge on any atom is 0.251 e. The number of carbonyl (C=O) groups excluding carboxylic acids is 1. The highest BCUT2D eigenvalue weighted by Crippen LogP contribution is 2.09. The molecule has 3 rings (SSSR count). The highest BCUT2D eigenvalue weighted by Gasteiger charge is 2.06. The maximum atomic E-state index is 11.9. The van der Waals surface area contributed by atoms with Crippen molar-refractivity contribution in [2.45, 2.75) is 6.54 Å². The number of nitrogens with zero attached hydrogens (tertiary/aromatic N) is 5. The Morgan fingerprint density at radius 1 is 1.29 bits per heavy atom. The number of amides is 1. The molecule has 0 atom stereocenters. The van der Waals surface area contributed by atoms with Crippen LogP contribution in [0.3, 0.4) is 0 Å². The molecule has 0 spiro atoms. The Labute approximate surface area is 119 Å². The zero-order valence-corrected chi connectivity index (χ0v) is 10.9. The first-order chi connectivity index (χ1) is 10.3. The van der Waals surface area contributed by atoms with E-state index in [2.05, 4.69) is 36.4 Å². The van der Waals surface area contributed by atoms with Crippen molar-refractivity contribution in [3.63, 3.8) is 0 Å². The van der Waals surface area contributed by atoms with Gasteiger partial charge in [0.05, 0.1) is 12.2 Å². The van der Waals surface area contributed by atoms with Crippen molar-refractivity contribution in [3.8, 4) is 0 Å². The highest BCUT2D eigenvalue weighted by atomic mass is 16.1. The lowest BCUT2D eigenvalue weighted by Gasteiger charge is -2.07. The molecule has 106 valence electrons. The van der Waals surface area contributed by atoms with Crippen LogP contribution in [0.15, 0.2) is 43.0 Å². The molecule has 0 unspecified atom stereocenters. The number of hydrogen-bond donors (Lipinski definition) is 3. The summed E-state index contributed by atoms with van der Waals surface area (Å²) < 4.78 is 1.71. The third-order valence-corrected chi connectivity index (χ3v) is 2.71. The number of rotatable bonds is 5. The second kappa shape index (κ2) is 5.82. The van der Waals surface area contributed by atoms with E-state index in [4.69, 9.17) is 0 Å². The van der Waals surface area contributed by atoms with Crippen LogP contribution in [0, 0.1) is 0 Å². The van der Waals surface area contributed by atoms with E-state index in [1.165, 1.54) is 0 Å². The summed E-state index contributed by atoms with van der Waals surface area (Å²) in [6.07, 6.45) is 5.10. The number of aromatic amines is 1. The van der Waals surface area contributed by atoms with Crippen molar-refractivity contribution in [1.82, 2.24) is 35.6 Å². The minimum atomic E-state index is -0.200. The molecule has 9 heteroatoms. The van der Waals surface area contributed by atoms with E-state index >= 15 is 0 Å². The number of imidazole rings is 1. The van der Waals surface area contributed by atoms with E-state index in [0.717, 1.165) is 5.69 Å². The molecule has 1 aromatic carbocycles. The molecular weight excluding hydrogens is 272 g/mol. The summed E-state index contributed by atoms with van der Waals surface area (Å²) in [7, 11) is 0. The lowest BCUT2D eigenvalue weighted by atomic mass is 10.2.